The van der Waals surface area contributed by atoms with E-state index in [-0.39, 0.29) is 18.0 Å². The molecule has 1 fully saturated rings. The number of H-pyrrole nitrogens is 1. The first-order valence-electron chi connectivity index (χ1n) is 7.68. The summed E-state index contributed by atoms with van der Waals surface area (Å²) in [5.74, 6) is -1.13. The van der Waals surface area contributed by atoms with Gasteiger partial charge in [-0.05, 0) is 18.2 Å². The van der Waals surface area contributed by atoms with Crippen LogP contribution < -0.4 is 5.32 Å². The topological polar surface area (TPSA) is 91.5 Å². The SMILES string of the molecule is O=C(NCCS(=O)(=O)N1CCOCC1)c1cc2c(F)cc(Br)cc2[nH]1. The van der Waals surface area contributed by atoms with Crippen LogP contribution >= 0.6 is 15.9 Å². The van der Waals surface area contributed by atoms with Crippen molar-refractivity contribution in [2.24, 2.45) is 0 Å². The fourth-order valence-electron chi connectivity index (χ4n) is 2.63. The molecule has 0 unspecified atom stereocenters. The summed E-state index contributed by atoms with van der Waals surface area (Å²) in [5, 5.41) is 2.85. The third-order valence-electron chi connectivity index (χ3n) is 3.91. The number of nitrogens with one attached hydrogen (secondary N) is 2. The zero-order valence-corrected chi connectivity index (χ0v) is 15.6. The largest absolute Gasteiger partial charge is 0.379 e. The van der Waals surface area contributed by atoms with Crippen molar-refractivity contribution in [2.75, 3.05) is 38.6 Å². The molecular weight excluding hydrogens is 417 g/mol. The van der Waals surface area contributed by atoms with Crippen LogP contribution in [0.2, 0.25) is 0 Å². The van der Waals surface area contributed by atoms with Gasteiger partial charge in [0, 0.05) is 29.5 Å². The lowest BCUT2D eigenvalue weighted by atomic mass is 10.2. The summed E-state index contributed by atoms with van der Waals surface area (Å²) in [6, 6.07) is 4.38. The average molecular weight is 434 g/mol. The van der Waals surface area contributed by atoms with Crippen molar-refractivity contribution >= 4 is 42.8 Å². The van der Waals surface area contributed by atoms with Crippen molar-refractivity contribution in [3.63, 3.8) is 0 Å². The molecular formula is C15H17BrFN3O4S. The quantitative estimate of drug-likeness (QED) is 0.746. The number of amides is 1. The molecule has 2 N–H and O–H groups in total. The van der Waals surface area contributed by atoms with Crippen LogP contribution in [0.15, 0.2) is 22.7 Å². The number of aromatic amines is 1. The van der Waals surface area contributed by atoms with Crippen LogP contribution in [0.5, 0.6) is 0 Å². The Hall–Kier alpha value is -1.49. The summed E-state index contributed by atoms with van der Waals surface area (Å²) in [6.45, 7) is 1.38. The summed E-state index contributed by atoms with van der Waals surface area (Å²) in [7, 11) is -3.44. The molecule has 1 amide bonds. The molecule has 7 nitrogen and oxygen atoms in total. The standard InChI is InChI=1S/C15H17BrFN3O4S/c16-10-7-12(17)11-9-14(19-13(11)8-10)15(21)18-1-6-25(22,23)20-2-4-24-5-3-20/h7-9,19H,1-6H2,(H,18,21). The number of hydrogen-bond acceptors (Lipinski definition) is 4. The summed E-state index contributed by atoms with van der Waals surface area (Å²) in [5.41, 5.74) is 0.661. The summed E-state index contributed by atoms with van der Waals surface area (Å²) in [4.78, 5) is 15.0. The van der Waals surface area contributed by atoms with Gasteiger partial charge in [-0.25, -0.2) is 12.8 Å². The minimum absolute atomic E-state index is 0.0277. The minimum Gasteiger partial charge on any atom is -0.379 e. The number of sulfonamides is 1. The van der Waals surface area contributed by atoms with Crippen LogP contribution in [0.3, 0.4) is 0 Å². The Morgan fingerprint density at radius 3 is 2.76 bits per heavy atom. The Bertz CT molecular complexity index is 894. The zero-order chi connectivity index (χ0) is 18.0. The lowest BCUT2D eigenvalue weighted by Crippen LogP contribution is -2.43. The predicted octanol–water partition coefficient (Wildman–Crippen LogP) is 1.46. The van der Waals surface area contributed by atoms with Crippen LogP contribution in [0.1, 0.15) is 10.5 Å². The van der Waals surface area contributed by atoms with E-state index >= 15 is 0 Å². The van der Waals surface area contributed by atoms with E-state index in [1.165, 1.54) is 16.4 Å². The van der Waals surface area contributed by atoms with E-state index in [0.717, 1.165) is 0 Å². The smallest absolute Gasteiger partial charge is 0.267 e. The molecule has 1 aromatic carbocycles. The van der Waals surface area contributed by atoms with Crippen LogP contribution in [-0.4, -0.2) is 62.2 Å². The maximum atomic E-state index is 13.9. The monoisotopic (exact) mass is 433 g/mol. The zero-order valence-electron chi connectivity index (χ0n) is 13.2. The van der Waals surface area contributed by atoms with Gasteiger partial charge in [-0.3, -0.25) is 4.79 Å². The first kappa shape index (κ1) is 18.3. The van der Waals surface area contributed by atoms with E-state index in [4.69, 9.17) is 4.74 Å². The number of aromatic nitrogens is 1. The number of ether oxygens (including phenoxy) is 1. The van der Waals surface area contributed by atoms with Crippen LogP contribution in [0.4, 0.5) is 4.39 Å². The summed E-state index contributed by atoms with van der Waals surface area (Å²) in [6.07, 6.45) is 0. The lowest BCUT2D eigenvalue weighted by Gasteiger charge is -2.25. The number of hydrogen-bond donors (Lipinski definition) is 2. The van der Waals surface area contributed by atoms with Gasteiger partial charge in [0.15, 0.2) is 0 Å². The molecule has 3 rings (SSSR count). The molecule has 2 aromatic rings. The van der Waals surface area contributed by atoms with Crippen LogP contribution in [-0.2, 0) is 14.8 Å². The lowest BCUT2D eigenvalue weighted by molar-refractivity contribution is 0.0730. The number of halogens is 2. The Morgan fingerprint density at radius 1 is 1.32 bits per heavy atom. The van der Waals surface area contributed by atoms with Gasteiger partial charge in [0.05, 0.1) is 24.5 Å². The number of nitrogens with zero attached hydrogens (tertiary/aromatic N) is 1. The van der Waals surface area contributed by atoms with E-state index in [0.29, 0.717) is 41.7 Å². The molecule has 10 heteroatoms. The van der Waals surface area contributed by atoms with Crippen LogP contribution in [0, 0.1) is 5.82 Å². The van der Waals surface area contributed by atoms with Crippen molar-refractivity contribution in [2.45, 2.75) is 0 Å². The molecule has 0 radical (unpaired) electrons. The molecule has 136 valence electrons. The van der Waals surface area contributed by atoms with Gasteiger partial charge in [0.2, 0.25) is 10.0 Å². The van der Waals surface area contributed by atoms with E-state index in [1.807, 2.05) is 0 Å². The molecule has 1 aliphatic heterocycles. The molecule has 1 aromatic heterocycles. The molecule has 1 aliphatic rings. The van der Waals surface area contributed by atoms with Gasteiger partial charge in [0.1, 0.15) is 11.5 Å². The van der Waals surface area contributed by atoms with Crippen molar-refractivity contribution in [3.05, 3.63) is 34.2 Å². The molecule has 2 heterocycles. The van der Waals surface area contributed by atoms with Crippen molar-refractivity contribution in [1.82, 2.24) is 14.6 Å². The average Bonchev–Trinajstić information content (AvgIpc) is 3.00. The van der Waals surface area contributed by atoms with E-state index in [2.05, 4.69) is 26.2 Å². The highest BCUT2D eigenvalue weighted by molar-refractivity contribution is 9.10. The Morgan fingerprint density at radius 2 is 2.04 bits per heavy atom. The number of carbonyl (C=O) groups is 1. The van der Waals surface area contributed by atoms with Gasteiger partial charge in [-0.1, -0.05) is 15.9 Å². The van der Waals surface area contributed by atoms with E-state index < -0.39 is 21.7 Å². The van der Waals surface area contributed by atoms with Crippen LogP contribution in [0.25, 0.3) is 10.9 Å². The molecule has 25 heavy (non-hydrogen) atoms. The molecule has 1 saturated heterocycles. The second-order valence-corrected chi connectivity index (χ2v) is 8.62. The minimum atomic E-state index is -3.44. The highest BCUT2D eigenvalue weighted by Gasteiger charge is 2.24. The highest BCUT2D eigenvalue weighted by Crippen LogP contribution is 2.23. The molecule has 0 aliphatic carbocycles. The third kappa shape index (κ3) is 4.20. The van der Waals surface area contributed by atoms with Crippen molar-refractivity contribution in [3.8, 4) is 0 Å². The number of benzene rings is 1. The molecule has 0 atom stereocenters. The van der Waals surface area contributed by atoms with Gasteiger partial charge in [-0.2, -0.15) is 4.31 Å². The Labute approximate surface area is 152 Å². The fraction of sp³-hybridized carbons (Fsp3) is 0.400. The molecule has 0 saturated carbocycles. The number of carbonyl (C=O) groups excluding carboxylic acids is 1. The maximum Gasteiger partial charge on any atom is 0.267 e. The molecule has 0 bridgehead atoms. The van der Waals surface area contributed by atoms with E-state index in [9.17, 15) is 17.6 Å². The van der Waals surface area contributed by atoms with Gasteiger partial charge in [-0.15, -0.1) is 0 Å². The summed E-state index contributed by atoms with van der Waals surface area (Å²) < 4.78 is 45.3. The Kier molecular flexibility index (Phi) is 5.42. The fourth-order valence-corrected chi connectivity index (χ4v) is 4.38. The van der Waals surface area contributed by atoms with Gasteiger partial charge >= 0.3 is 0 Å². The number of morpholine rings is 1. The van der Waals surface area contributed by atoms with Gasteiger partial charge < -0.3 is 15.0 Å². The maximum absolute atomic E-state index is 13.9. The summed E-state index contributed by atoms with van der Waals surface area (Å²) >= 11 is 3.19. The highest BCUT2D eigenvalue weighted by atomic mass is 79.9. The van der Waals surface area contributed by atoms with E-state index in [1.54, 1.807) is 6.07 Å². The third-order valence-corrected chi connectivity index (χ3v) is 6.24. The van der Waals surface area contributed by atoms with Crippen molar-refractivity contribution in [1.29, 1.82) is 0 Å². The molecule has 0 spiro atoms. The Balaban J connectivity index is 1.62. The van der Waals surface area contributed by atoms with Gasteiger partial charge in [0.25, 0.3) is 5.91 Å². The first-order chi connectivity index (χ1) is 11.9. The normalized spacial score (nSPS) is 16.2. The number of fused-ring (bicyclic) bond motifs is 1. The second kappa shape index (κ2) is 7.40. The number of rotatable bonds is 5. The predicted molar refractivity (Wildman–Crippen MR) is 94.5 cm³/mol. The second-order valence-electron chi connectivity index (χ2n) is 5.62. The first-order valence-corrected chi connectivity index (χ1v) is 10.1. The van der Waals surface area contributed by atoms with Crippen molar-refractivity contribution < 1.29 is 22.3 Å².